The van der Waals surface area contributed by atoms with E-state index in [1.807, 2.05) is 24.1 Å². The van der Waals surface area contributed by atoms with E-state index in [1.165, 1.54) is 0 Å². The fourth-order valence-corrected chi connectivity index (χ4v) is 2.92. The van der Waals surface area contributed by atoms with Crippen molar-refractivity contribution >= 4 is 11.8 Å². The lowest BCUT2D eigenvalue weighted by molar-refractivity contribution is -0.154. The average molecular weight is 332 g/mol. The number of rotatable bonds is 5. The first-order chi connectivity index (χ1) is 11.3. The summed E-state index contributed by atoms with van der Waals surface area (Å²) in [4.78, 5) is 35.3. The van der Waals surface area contributed by atoms with Crippen molar-refractivity contribution in [1.82, 2.24) is 19.7 Å². The smallest absolute Gasteiger partial charge is 0.237 e. The highest BCUT2D eigenvalue weighted by molar-refractivity contribution is 6.04. The van der Waals surface area contributed by atoms with Crippen LogP contribution in [0.25, 0.3) is 0 Å². The number of carbonyl (C=O) groups excluding carboxylic acids is 2. The molecular weight excluding hydrogens is 304 g/mol. The minimum Gasteiger partial charge on any atom is -0.345 e. The summed E-state index contributed by atoms with van der Waals surface area (Å²) in [5, 5.41) is 0. The van der Waals surface area contributed by atoms with Crippen LogP contribution in [0, 0.1) is 5.41 Å². The van der Waals surface area contributed by atoms with E-state index in [-0.39, 0.29) is 11.8 Å². The molecule has 1 aromatic rings. The molecule has 6 heteroatoms. The summed E-state index contributed by atoms with van der Waals surface area (Å²) < 4.78 is 0. The van der Waals surface area contributed by atoms with E-state index in [9.17, 15) is 9.59 Å². The van der Waals surface area contributed by atoms with Gasteiger partial charge in [-0.05, 0) is 45.0 Å². The van der Waals surface area contributed by atoms with Crippen molar-refractivity contribution in [3.63, 3.8) is 0 Å². The Morgan fingerprint density at radius 2 is 1.75 bits per heavy atom. The third kappa shape index (κ3) is 4.32. The zero-order valence-corrected chi connectivity index (χ0v) is 15.2. The number of pyridine rings is 1. The Bertz CT molecular complexity index is 566. The van der Waals surface area contributed by atoms with Crippen molar-refractivity contribution in [3.8, 4) is 0 Å². The third-order valence-corrected chi connectivity index (χ3v) is 4.69. The highest BCUT2D eigenvalue weighted by Crippen LogP contribution is 2.23. The number of aromatic nitrogens is 1. The molecule has 0 aromatic carbocycles. The Kier molecular flexibility index (Phi) is 5.94. The molecule has 1 saturated heterocycles. The summed E-state index contributed by atoms with van der Waals surface area (Å²) in [5.41, 5.74) is 0.107. The zero-order valence-electron chi connectivity index (χ0n) is 15.2. The van der Waals surface area contributed by atoms with Crippen molar-refractivity contribution in [1.29, 1.82) is 0 Å². The van der Waals surface area contributed by atoms with E-state index in [2.05, 4.69) is 9.88 Å². The largest absolute Gasteiger partial charge is 0.345 e. The summed E-state index contributed by atoms with van der Waals surface area (Å²) in [5.74, 6) is -0.197. The van der Waals surface area contributed by atoms with Crippen LogP contribution < -0.4 is 0 Å². The van der Waals surface area contributed by atoms with Crippen LogP contribution in [-0.2, 0) is 16.0 Å². The SMILES string of the molecule is CN1CCN(C(=O)C(C)(C)C(=O)N(C)CCc2ccncc2)CC1. The normalized spacial score (nSPS) is 16.1. The molecule has 1 fully saturated rings. The Labute approximate surface area is 144 Å². The second kappa shape index (κ2) is 7.75. The molecule has 132 valence electrons. The van der Waals surface area contributed by atoms with Crippen LogP contribution in [0.4, 0.5) is 0 Å². The van der Waals surface area contributed by atoms with E-state index in [4.69, 9.17) is 0 Å². The maximum Gasteiger partial charge on any atom is 0.237 e. The van der Waals surface area contributed by atoms with Gasteiger partial charge in [-0.3, -0.25) is 14.6 Å². The van der Waals surface area contributed by atoms with Crippen molar-refractivity contribution in [2.75, 3.05) is 46.8 Å². The first-order valence-electron chi connectivity index (χ1n) is 8.44. The van der Waals surface area contributed by atoms with Crippen molar-refractivity contribution < 1.29 is 9.59 Å². The predicted octanol–water partition coefficient (Wildman–Crippen LogP) is 0.883. The van der Waals surface area contributed by atoms with Crippen LogP contribution in [0.2, 0.25) is 0 Å². The molecule has 0 bridgehead atoms. The third-order valence-electron chi connectivity index (χ3n) is 4.69. The van der Waals surface area contributed by atoms with Crippen LogP contribution in [0.15, 0.2) is 24.5 Å². The lowest BCUT2D eigenvalue weighted by Crippen LogP contribution is -2.55. The van der Waals surface area contributed by atoms with Gasteiger partial charge in [0.2, 0.25) is 11.8 Å². The minimum atomic E-state index is -1.02. The van der Waals surface area contributed by atoms with E-state index < -0.39 is 5.41 Å². The van der Waals surface area contributed by atoms with Crippen molar-refractivity contribution in [2.24, 2.45) is 5.41 Å². The number of amides is 2. The van der Waals surface area contributed by atoms with Gasteiger partial charge in [0.25, 0.3) is 0 Å². The highest BCUT2D eigenvalue weighted by atomic mass is 16.2. The Morgan fingerprint density at radius 3 is 2.33 bits per heavy atom. The molecule has 0 spiro atoms. The van der Waals surface area contributed by atoms with Crippen LogP contribution in [0.3, 0.4) is 0 Å². The molecule has 2 rings (SSSR count). The summed E-state index contributed by atoms with van der Waals surface area (Å²) in [6, 6.07) is 3.89. The second-order valence-electron chi connectivity index (χ2n) is 7.05. The van der Waals surface area contributed by atoms with Crippen LogP contribution >= 0.6 is 0 Å². The summed E-state index contributed by atoms with van der Waals surface area (Å²) in [7, 11) is 3.81. The van der Waals surface area contributed by atoms with Gasteiger partial charge in [0, 0.05) is 52.2 Å². The van der Waals surface area contributed by atoms with Gasteiger partial charge >= 0.3 is 0 Å². The van der Waals surface area contributed by atoms with Crippen LogP contribution in [-0.4, -0.2) is 78.3 Å². The monoisotopic (exact) mass is 332 g/mol. The van der Waals surface area contributed by atoms with Gasteiger partial charge in [0.1, 0.15) is 5.41 Å². The zero-order chi connectivity index (χ0) is 17.7. The van der Waals surface area contributed by atoms with Gasteiger partial charge in [0.15, 0.2) is 0 Å². The lowest BCUT2D eigenvalue weighted by atomic mass is 9.89. The molecule has 0 saturated carbocycles. The van der Waals surface area contributed by atoms with Gasteiger partial charge in [-0.15, -0.1) is 0 Å². The topological polar surface area (TPSA) is 56.8 Å². The molecule has 2 heterocycles. The number of hydrogen-bond acceptors (Lipinski definition) is 4. The minimum absolute atomic E-state index is 0.0728. The Morgan fingerprint density at radius 1 is 1.17 bits per heavy atom. The Hall–Kier alpha value is -1.95. The van der Waals surface area contributed by atoms with E-state index in [0.29, 0.717) is 19.6 Å². The van der Waals surface area contributed by atoms with Crippen molar-refractivity contribution in [2.45, 2.75) is 20.3 Å². The van der Waals surface area contributed by atoms with Gasteiger partial charge in [-0.1, -0.05) is 0 Å². The Balaban J connectivity index is 1.94. The molecule has 0 aliphatic carbocycles. The second-order valence-corrected chi connectivity index (χ2v) is 7.05. The molecule has 1 aliphatic heterocycles. The van der Waals surface area contributed by atoms with Gasteiger partial charge < -0.3 is 14.7 Å². The molecular formula is C18H28N4O2. The molecule has 6 nitrogen and oxygen atoms in total. The van der Waals surface area contributed by atoms with Gasteiger partial charge in [-0.2, -0.15) is 0 Å². The maximum atomic E-state index is 12.8. The molecule has 1 aliphatic rings. The molecule has 0 radical (unpaired) electrons. The number of piperazine rings is 1. The number of likely N-dealkylation sites (N-methyl/N-ethyl adjacent to an activating group) is 2. The standard InChI is InChI=1S/C18H28N4O2/c1-18(2,17(24)22-13-11-20(3)12-14-22)16(23)21(4)10-7-15-5-8-19-9-6-15/h5-6,8-9H,7,10-14H2,1-4H3. The lowest BCUT2D eigenvalue weighted by Gasteiger charge is -2.38. The first kappa shape index (κ1) is 18.4. The van der Waals surface area contributed by atoms with Crippen LogP contribution in [0.5, 0.6) is 0 Å². The van der Waals surface area contributed by atoms with Gasteiger partial charge in [-0.25, -0.2) is 0 Å². The van der Waals surface area contributed by atoms with Crippen LogP contribution in [0.1, 0.15) is 19.4 Å². The number of hydrogen-bond donors (Lipinski definition) is 0. The molecule has 1 aromatic heterocycles. The van der Waals surface area contributed by atoms with Gasteiger partial charge in [0.05, 0.1) is 0 Å². The number of nitrogens with zero attached hydrogens (tertiary/aromatic N) is 4. The van der Waals surface area contributed by atoms with E-state index in [1.54, 1.807) is 38.2 Å². The molecule has 0 atom stereocenters. The van der Waals surface area contributed by atoms with E-state index in [0.717, 1.165) is 25.1 Å². The fourth-order valence-electron chi connectivity index (χ4n) is 2.92. The highest BCUT2D eigenvalue weighted by Gasteiger charge is 2.41. The summed E-state index contributed by atoms with van der Waals surface area (Å²) in [6.07, 6.45) is 4.25. The fraction of sp³-hybridized carbons (Fsp3) is 0.611. The quantitative estimate of drug-likeness (QED) is 0.751. The maximum absolute atomic E-state index is 12.8. The summed E-state index contributed by atoms with van der Waals surface area (Å²) in [6.45, 7) is 7.14. The molecule has 2 amide bonds. The average Bonchev–Trinajstić information content (AvgIpc) is 2.59. The van der Waals surface area contributed by atoms with E-state index >= 15 is 0 Å². The number of carbonyl (C=O) groups is 2. The molecule has 0 N–H and O–H groups in total. The van der Waals surface area contributed by atoms with Crippen molar-refractivity contribution in [3.05, 3.63) is 30.1 Å². The molecule has 0 unspecified atom stereocenters. The molecule has 24 heavy (non-hydrogen) atoms. The summed E-state index contributed by atoms with van der Waals surface area (Å²) >= 11 is 0. The first-order valence-corrected chi connectivity index (χ1v) is 8.44. The predicted molar refractivity (Wildman–Crippen MR) is 93.4 cm³/mol.